The number of benzene rings is 1. The predicted octanol–water partition coefficient (Wildman–Crippen LogP) is 0.858. The highest BCUT2D eigenvalue weighted by Gasteiger charge is 2.25. The molecule has 1 saturated carbocycles. The Morgan fingerprint density at radius 3 is 2.74 bits per heavy atom. The minimum absolute atomic E-state index is 0.327. The zero-order valence-corrected chi connectivity index (χ0v) is 11.0. The van der Waals surface area contributed by atoms with Crippen molar-refractivity contribution in [2.24, 2.45) is 5.92 Å². The molecule has 102 valence electrons. The molecule has 6 heteroatoms. The molecule has 0 aromatic heterocycles. The van der Waals surface area contributed by atoms with Crippen molar-refractivity contribution in [1.29, 1.82) is 0 Å². The minimum Gasteiger partial charge on any atom is -0.384 e. The van der Waals surface area contributed by atoms with Crippen molar-refractivity contribution in [3.63, 3.8) is 0 Å². The molecule has 1 aliphatic carbocycles. The summed E-state index contributed by atoms with van der Waals surface area (Å²) in [5.74, 6) is 4.43. The first-order valence-electron chi connectivity index (χ1n) is 5.92. The van der Waals surface area contributed by atoms with Gasteiger partial charge in [0.2, 0.25) is 10.0 Å². The minimum atomic E-state index is -3.81. The molecule has 0 heterocycles. The first kappa shape index (κ1) is 14.0. The lowest BCUT2D eigenvalue weighted by molar-refractivity contribution is 0.350. The van der Waals surface area contributed by atoms with Gasteiger partial charge in [-0.2, -0.15) is 0 Å². The van der Waals surface area contributed by atoms with Gasteiger partial charge in [0.25, 0.3) is 0 Å². The number of nitrogens with one attached hydrogen (secondary N) is 1. The van der Waals surface area contributed by atoms with Crippen LogP contribution in [0.25, 0.3) is 0 Å². The molecule has 4 nitrogen and oxygen atoms in total. The SMILES string of the molecule is O=S(=O)(NCC1CC1)c1ccc(C#CCO)cc1F. The van der Waals surface area contributed by atoms with Gasteiger partial charge in [-0.3, -0.25) is 0 Å². The van der Waals surface area contributed by atoms with Crippen molar-refractivity contribution in [1.82, 2.24) is 4.72 Å². The van der Waals surface area contributed by atoms with Crippen molar-refractivity contribution in [2.45, 2.75) is 17.7 Å². The average Bonchev–Trinajstić information content (AvgIpc) is 3.18. The van der Waals surface area contributed by atoms with E-state index >= 15 is 0 Å². The Kier molecular flexibility index (Phi) is 4.20. The molecule has 1 aliphatic rings. The van der Waals surface area contributed by atoms with E-state index in [-0.39, 0.29) is 11.5 Å². The molecule has 1 aromatic carbocycles. The zero-order valence-electron chi connectivity index (χ0n) is 10.2. The third-order valence-electron chi connectivity index (χ3n) is 2.79. The van der Waals surface area contributed by atoms with Crippen LogP contribution in [0.5, 0.6) is 0 Å². The smallest absolute Gasteiger partial charge is 0.243 e. The Labute approximate surface area is 111 Å². The van der Waals surface area contributed by atoms with Gasteiger partial charge < -0.3 is 5.11 Å². The van der Waals surface area contributed by atoms with Crippen LogP contribution in [0, 0.1) is 23.6 Å². The largest absolute Gasteiger partial charge is 0.384 e. The highest BCUT2D eigenvalue weighted by molar-refractivity contribution is 7.89. The maximum absolute atomic E-state index is 13.8. The van der Waals surface area contributed by atoms with Crippen LogP contribution in [0.1, 0.15) is 18.4 Å². The fraction of sp³-hybridized carbons (Fsp3) is 0.385. The number of halogens is 1. The van der Waals surface area contributed by atoms with E-state index in [9.17, 15) is 12.8 Å². The third-order valence-corrected chi connectivity index (χ3v) is 4.25. The van der Waals surface area contributed by atoms with Crippen LogP contribution >= 0.6 is 0 Å². The fourth-order valence-corrected chi connectivity index (χ4v) is 2.74. The molecule has 1 fully saturated rings. The first-order chi connectivity index (χ1) is 9.03. The van der Waals surface area contributed by atoms with Crippen molar-refractivity contribution >= 4 is 10.0 Å². The number of sulfonamides is 1. The lowest BCUT2D eigenvalue weighted by Gasteiger charge is -2.07. The molecule has 0 atom stereocenters. The molecular formula is C13H14FNO3S. The molecule has 2 N–H and O–H groups in total. The molecule has 19 heavy (non-hydrogen) atoms. The number of hydrogen-bond donors (Lipinski definition) is 2. The summed E-state index contributed by atoms with van der Waals surface area (Å²) in [5.41, 5.74) is 0.327. The maximum Gasteiger partial charge on any atom is 0.243 e. The van der Waals surface area contributed by atoms with E-state index in [0.29, 0.717) is 18.0 Å². The molecule has 2 rings (SSSR count). The Morgan fingerprint density at radius 2 is 2.16 bits per heavy atom. The topological polar surface area (TPSA) is 66.4 Å². The van der Waals surface area contributed by atoms with Gasteiger partial charge in [0.05, 0.1) is 0 Å². The molecule has 0 spiro atoms. The highest BCUT2D eigenvalue weighted by atomic mass is 32.2. The van der Waals surface area contributed by atoms with E-state index in [0.717, 1.165) is 18.9 Å². The van der Waals surface area contributed by atoms with E-state index in [1.54, 1.807) is 0 Å². The highest BCUT2D eigenvalue weighted by Crippen LogP contribution is 2.28. The van der Waals surface area contributed by atoms with Crippen molar-refractivity contribution < 1.29 is 17.9 Å². The second-order valence-corrected chi connectivity index (χ2v) is 6.14. The maximum atomic E-state index is 13.8. The van der Waals surface area contributed by atoms with Gasteiger partial charge in [-0.05, 0) is 37.0 Å². The zero-order chi connectivity index (χ0) is 13.9. The van der Waals surface area contributed by atoms with Gasteiger partial charge in [0.15, 0.2) is 0 Å². The molecule has 0 aliphatic heterocycles. The first-order valence-corrected chi connectivity index (χ1v) is 7.40. The molecule has 0 radical (unpaired) electrons. The van der Waals surface area contributed by atoms with Crippen LogP contribution < -0.4 is 4.72 Å². The van der Waals surface area contributed by atoms with E-state index in [1.165, 1.54) is 12.1 Å². The molecular weight excluding hydrogens is 269 g/mol. The Bertz CT molecular complexity index is 627. The average molecular weight is 283 g/mol. The Hall–Kier alpha value is -1.42. The van der Waals surface area contributed by atoms with Gasteiger partial charge >= 0.3 is 0 Å². The number of hydrogen-bond acceptors (Lipinski definition) is 3. The number of rotatable bonds is 4. The van der Waals surface area contributed by atoms with Crippen LogP contribution in [0.4, 0.5) is 4.39 Å². The Morgan fingerprint density at radius 1 is 1.42 bits per heavy atom. The number of aliphatic hydroxyl groups is 1. The van der Waals surface area contributed by atoms with Gasteiger partial charge in [0, 0.05) is 12.1 Å². The molecule has 0 amide bonds. The molecule has 0 bridgehead atoms. The van der Waals surface area contributed by atoms with E-state index in [4.69, 9.17) is 5.11 Å². The van der Waals surface area contributed by atoms with Crippen LogP contribution in [-0.2, 0) is 10.0 Å². The summed E-state index contributed by atoms with van der Waals surface area (Å²) in [6.07, 6.45) is 2.03. The van der Waals surface area contributed by atoms with Crippen molar-refractivity contribution in [3.05, 3.63) is 29.6 Å². The molecule has 0 unspecified atom stereocenters. The second kappa shape index (κ2) is 5.70. The van der Waals surface area contributed by atoms with Gasteiger partial charge in [-0.25, -0.2) is 17.5 Å². The van der Waals surface area contributed by atoms with E-state index < -0.39 is 15.8 Å². The summed E-state index contributed by atoms with van der Waals surface area (Å²) in [6.45, 7) is 0.0262. The molecule has 0 saturated heterocycles. The quantitative estimate of drug-likeness (QED) is 0.805. The molecule has 1 aromatic rings. The van der Waals surface area contributed by atoms with E-state index in [2.05, 4.69) is 16.6 Å². The standard InChI is InChI=1S/C13H14FNO3S/c14-12-8-10(2-1-7-16)5-6-13(12)19(17,18)15-9-11-3-4-11/h5-6,8,11,15-16H,3-4,7,9H2. The van der Waals surface area contributed by atoms with Crippen LogP contribution in [0.15, 0.2) is 23.1 Å². The van der Waals surface area contributed by atoms with Crippen LogP contribution in [0.3, 0.4) is 0 Å². The van der Waals surface area contributed by atoms with Crippen LogP contribution in [-0.4, -0.2) is 26.7 Å². The van der Waals surface area contributed by atoms with E-state index in [1.807, 2.05) is 0 Å². The summed E-state index contributed by atoms with van der Waals surface area (Å²) < 4.78 is 39.9. The Balaban J connectivity index is 2.19. The summed E-state index contributed by atoms with van der Waals surface area (Å²) in [4.78, 5) is -0.373. The van der Waals surface area contributed by atoms with Crippen molar-refractivity contribution in [2.75, 3.05) is 13.2 Å². The van der Waals surface area contributed by atoms with Crippen molar-refractivity contribution in [3.8, 4) is 11.8 Å². The number of aliphatic hydroxyl groups excluding tert-OH is 1. The summed E-state index contributed by atoms with van der Waals surface area (Å²) in [5, 5.41) is 8.54. The van der Waals surface area contributed by atoms with Gasteiger partial charge in [-0.15, -0.1) is 0 Å². The second-order valence-electron chi connectivity index (χ2n) is 4.40. The third kappa shape index (κ3) is 3.77. The monoisotopic (exact) mass is 283 g/mol. The predicted molar refractivity (Wildman–Crippen MR) is 68.3 cm³/mol. The van der Waals surface area contributed by atoms with Gasteiger partial charge in [0.1, 0.15) is 17.3 Å². The normalized spacial score (nSPS) is 14.8. The lowest BCUT2D eigenvalue weighted by atomic mass is 10.2. The summed E-state index contributed by atoms with van der Waals surface area (Å²) in [7, 11) is -3.81. The van der Waals surface area contributed by atoms with Gasteiger partial charge in [-0.1, -0.05) is 11.8 Å². The summed E-state index contributed by atoms with van der Waals surface area (Å²) >= 11 is 0. The summed E-state index contributed by atoms with van der Waals surface area (Å²) in [6, 6.07) is 3.65. The fourth-order valence-electron chi connectivity index (χ4n) is 1.57. The van der Waals surface area contributed by atoms with Crippen LogP contribution in [0.2, 0.25) is 0 Å². The lowest BCUT2D eigenvalue weighted by Crippen LogP contribution is -2.26.